The van der Waals surface area contributed by atoms with Crippen molar-refractivity contribution in [3.63, 3.8) is 0 Å². The van der Waals surface area contributed by atoms with E-state index in [4.69, 9.17) is 4.74 Å². The van der Waals surface area contributed by atoms with Crippen LogP contribution < -0.4 is 0 Å². The quantitative estimate of drug-likeness (QED) is 0.528. The third-order valence-electron chi connectivity index (χ3n) is 3.15. The third-order valence-corrected chi connectivity index (χ3v) is 3.15. The lowest BCUT2D eigenvalue weighted by Gasteiger charge is -2.08. The first-order chi connectivity index (χ1) is 6.93. The fourth-order valence-electron chi connectivity index (χ4n) is 2.20. The van der Waals surface area contributed by atoms with Gasteiger partial charge in [-0.2, -0.15) is 0 Å². The highest BCUT2D eigenvalue weighted by molar-refractivity contribution is 4.64. The smallest absolute Gasteiger partial charge is 0.0576 e. The maximum atomic E-state index is 5.60. The van der Waals surface area contributed by atoms with E-state index in [1.807, 2.05) is 0 Å². The third kappa shape index (κ3) is 5.64. The molecule has 1 fully saturated rings. The second kappa shape index (κ2) is 8.28. The van der Waals surface area contributed by atoms with Crippen molar-refractivity contribution in [3.05, 3.63) is 0 Å². The summed E-state index contributed by atoms with van der Waals surface area (Å²) in [4.78, 5) is 0. The first-order valence-electron chi connectivity index (χ1n) is 6.55. The maximum Gasteiger partial charge on any atom is 0.0576 e. The average molecular weight is 198 g/mol. The van der Waals surface area contributed by atoms with Crippen molar-refractivity contribution >= 4 is 0 Å². The molecular weight excluding hydrogens is 172 g/mol. The molecule has 0 bridgehead atoms. The molecular formula is C13H26O. The van der Waals surface area contributed by atoms with Crippen molar-refractivity contribution in [1.29, 1.82) is 0 Å². The molecule has 1 aliphatic rings. The molecule has 1 saturated heterocycles. The predicted octanol–water partition coefficient (Wildman–Crippen LogP) is 4.31. The molecule has 0 aromatic carbocycles. The van der Waals surface area contributed by atoms with Crippen LogP contribution in [-0.4, -0.2) is 12.7 Å². The van der Waals surface area contributed by atoms with Crippen LogP contribution in [0.1, 0.15) is 71.1 Å². The van der Waals surface area contributed by atoms with Crippen molar-refractivity contribution in [2.24, 2.45) is 0 Å². The van der Waals surface area contributed by atoms with Gasteiger partial charge in [0.05, 0.1) is 6.10 Å². The normalized spacial score (nSPS) is 21.6. The van der Waals surface area contributed by atoms with Crippen LogP contribution >= 0.6 is 0 Å². The van der Waals surface area contributed by atoms with Gasteiger partial charge < -0.3 is 4.74 Å². The van der Waals surface area contributed by atoms with Crippen LogP contribution in [0, 0.1) is 0 Å². The highest BCUT2D eigenvalue weighted by Gasteiger charge is 2.13. The van der Waals surface area contributed by atoms with Crippen molar-refractivity contribution < 1.29 is 4.74 Å². The summed E-state index contributed by atoms with van der Waals surface area (Å²) >= 11 is 0. The topological polar surface area (TPSA) is 9.23 Å². The van der Waals surface area contributed by atoms with Crippen LogP contribution in [0.3, 0.4) is 0 Å². The van der Waals surface area contributed by atoms with Gasteiger partial charge in [-0.05, 0) is 19.3 Å². The maximum absolute atomic E-state index is 5.60. The van der Waals surface area contributed by atoms with Gasteiger partial charge >= 0.3 is 0 Å². The van der Waals surface area contributed by atoms with Gasteiger partial charge in [-0.25, -0.2) is 0 Å². The molecule has 1 heterocycles. The molecule has 0 aliphatic carbocycles. The zero-order valence-electron chi connectivity index (χ0n) is 9.76. The van der Waals surface area contributed by atoms with E-state index in [0.29, 0.717) is 6.10 Å². The first-order valence-corrected chi connectivity index (χ1v) is 6.55. The van der Waals surface area contributed by atoms with E-state index in [2.05, 4.69) is 6.92 Å². The van der Waals surface area contributed by atoms with Gasteiger partial charge in [0.2, 0.25) is 0 Å². The van der Waals surface area contributed by atoms with Gasteiger partial charge in [-0.3, -0.25) is 0 Å². The summed E-state index contributed by atoms with van der Waals surface area (Å²) in [6.45, 7) is 3.29. The van der Waals surface area contributed by atoms with Crippen molar-refractivity contribution in [2.75, 3.05) is 6.61 Å². The number of unbranched alkanes of at least 4 members (excludes halogenated alkanes) is 6. The molecule has 1 heteroatoms. The molecule has 0 radical (unpaired) electrons. The van der Waals surface area contributed by atoms with Crippen LogP contribution in [-0.2, 0) is 4.74 Å². The van der Waals surface area contributed by atoms with E-state index < -0.39 is 0 Å². The standard InChI is InChI=1S/C13H26O/c1-2-3-4-5-6-7-8-10-13-11-9-12-14-13/h13H,2-12H2,1H3. The number of ether oxygens (including phenoxy) is 1. The minimum atomic E-state index is 0.616. The Hall–Kier alpha value is -0.0400. The SMILES string of the molecule is CCCCCCCCCC1CCCO1. The van der Waals surface area contributed by atoms with E-state index in [-0.39, 0.29) is 0 Å². The van der Waals surface area contributed by atoms with Crippen LogP contribution in [0.25, 0.3) is 0 Å². The molecule has 1 rings (SSSR count). The largest absolute Gasteiger partial charge is 0.378 e. The highest BCUT2D eigenvalue weighted by atomic mass is 16.5. The van der Waals surface area contributed by atoms with Gasteiger partial charge in [0.25, 0.3) is 0 Å². The van der Waals surface area contributed by atoms with Crippen LogP contribution in [0.15, 0.2) is 0 Å². The fraction of sp³-hybridized carbons (Fsp3) is 1.00. The minimum Gasteiger partial charge on any atom is -0.378 e. The summed E-state index contributed by atoms with van der Waals surface area (Å²) in [5.74, 6) is 0. The number of rotatable bonds is 8. The van der Waals surface area contributed by atoms with Crippen LogP contribution in [0.4, 0.5) is 0 Å². The Morgan fingerprint density at radius 1 is 1.00 bits per heavy atom. The van der Waals surface area contributed by atoms with Gasteiger partial charge in [-0.1, -0.05) is 51.9 Å². The number of hydrogen-bond donors (Lipinski definition) is 0. The molecule has 1 nitrogen and oxygen atoms in total. The summed E-state index contributed by atoms with van der Waals surface area (Å²) < 4.78 is 5.60. The van der Waals surface area contributed by atoms with Gasteiger partial charge in [-0.15, -0.1) is 0 Å². The monoisotopic (exact) mass is 198 g/mol. The molecule has 0 amide bonds. The molecule has 84 valence electrons. The minimum absolute atomic E-state index is 0.616. The van der Waals surface area contributed by atoms with Crippen molar-refractivity contribution in [3.8, 4) is 0 Å². The Balaban J connectivity index is 1.75. The lowest BCUT2D eigenvalue weighted by Crippen LogP contribution is -2.03. The molecule has 1 aliphatic heterocycles. The van der Waals surface area contributed by atoms with Gasteiger partial charge in [0.1, 0.15) is 0 Å². The summed E-state index contributed by atoms with van der Waals surface area (Å²) in [5, 5.41) is 0. The Labute approximate surface area is 89.2 Å². The Kier molecular flexibility index (Phi) is 7.12. The summed E-state index contributed by atoms with van der Waals surface area (Å²) in [5.41, 5.74) is 0. The summed E-state index contributed by atoms with van der Waals surface area (Å²) in [6.07, 6.45) is 14.4. The van der Waals surface area contributed by atoms with Crippen molar-refractivity contribution in [1.82, 2.24) is 0 Å². The lowest BCUT2D eigenvalue weighted by molar-refractivity contribution is 0.102. The second-order valence-electron chi connectivity index (χ2n) is 4.55. The molecule has 0 spiro atoms. The van der Waals surface area contributed by atoms with E-state index >= 15 is 0 Å². The highest BCUT2D eigenvalue weighted by Crippen LogP contribution is 2.18. The molecule has 0 N–H and O–H groups in total. The Morgan fingerprint density at radius 3 is 2.36 bits per heavy atom. The molecule has 14 heavy (non-hydrogen) atoms. The first kappa shape index (κ1) is 12.0. The van der Waals surface area contributed by atoms with Crippen molar-refractivity contribution in [2.45, 2.75) is 77.2 Å². The average Bonchev–Trinajstić information content (AvgIpc) is 2.69. The fourth-order valence-corrected chi connectivity index (χ4v) is 2.20. The number of hydrogen-bond acceptors (Lipinski definition) is 1. The second-order valence-corrected chi connectivity index (χ2v) is 4.55. The van der Waals surface area contributed by atoms with Gasteiger partial charge in [0.15, 0.2) is 0 Å². The zero-order valence-corrected chi connectivity index (χ0v) is 9.76. The van der Waals surface area contributed by atoms with E-state index in [1.54, 1.807) is 0 Å². The Morgan fingerprint density at radius 2 is 1.71 bits per heavy atom. The van der Waals surface area contributed by atoms with E-state index in [9.17, 15) is 0 Å². The van der Waals surface area contributed by atoms with Crippen LogP contribution in [0.5, 0.6) is 0 Å². The summed E-state index contributed by atoms with van der Waals surface area (Å²) in [7, 11) is 0. The van der Waals surface area contributed by atoms with Crippen LogP contribution in [0.2, 0.25) is 0 Å². The predicted molar refractivity (Wildman–Crippen MR) is 61.6 cm³/mol. The molecule has 0 saturated carbocycles. The zero-order chi connectivity index (χ0) is 10.1. The molecule has 1 unspecified atom stereocenters. The van der Waals surface area contributed by atoms with E-state index in [1.165, 1.54) is 64.2 Å². The molecule has 0 aromatic rings. The molecule has 0 aromatic heterocycles. The van der Waals surface area contributed by atoms with E-state index in [0.717, 1.165) is 6.61 Å². The lowest BCUT2D eigenvalue weighted by atomic mass is 10.1. The Bertz CT molecular complexity index is 116. The van der Waals surface area contributed by atoms with Gasteiger partial charge in [0, 0.05) is 6.61 Å². The summed E-state index contributed by atoms with van der Waals surface area (Å²) in [6, 6.07) is 0. The molecule has 1 atom stereocenters.